The van der Waals surface area contributed by atoms with Crippen molar-refractivity contribution in [3.63, 3.8) is 0 Å². The van der Waals surface area contributed by atoms with E-state index in [1.807, 2.05) is 57.8 Å². The molecule has 0 aliphatic carbocycles. The van der Waals surface area contributed by atoms with Crippen molar-refractivity contribution >= 4 is 36.4 Å². The van der Waals surface area contributed by atoms with Crippen LogP contribution in [0.25, 0.3) is 0 Å². The quantitative estimate of drug-likeness (QED) is 0.705. The lowest BCUT2D eigenvalue weighted by Crippen LogP contribution is -2.28. The Hall–Kier alpha value is -1.80. The minimum atomic E-state index is -0.113. The third kappa shape index (κ3) is 6.38. The number of likely N-dealkylation sites (N-methyl/N-ethyl adjacent to an activating group) is 1. The molecule has 1 amide bonds. The normalized spacial score (nSPS) is 18.3. The maximum Gasteiger partial charge on any atom is 0.229 e. The van der Waals surface area contributed by atoms with E-state index < -0.39 is 0 Å². The Balaban J connectivity index is 0.00000196. The molecular weight excluding hydrogens is 401 g/mol. The number of halogens is 2. The summed E-state index contributed by atoms with van der Waals surface area (Å²) in [4.78, 5) is 14.9. The zero-order chi connectivity index (χ0) is 18.5. The van der Waals surface area contributed by atoms with Crippen LogP contribution in [0.15, 0.2) is 36.7 Å². The smallest absolute Gasteiger partial charge is 0.229 e. The number of aryl methyl sites for hydroxylation is 1. The highest BCUT2D eigenvalue weighted by molar-refractivity contribution is 5.93. The van der Waals surface area contributed by atoms with Gasteiger partial charge in [0.05, 0.1) is 12.1 Å². The number of anilines is 1. The summed E-state index contributed by atoms with van der Waals surface area (Å²) in [5.74, 6) is 0.813. The summed E-state index contributed by atoms with van der Waals surface area (Å²) >= 11 is 0. The number of carbonyl (C=O) groups excluding carboxylic acids is 1. The summed E-state index contributed by atoms with van der Waals surface area (Å²) in [6.45, 7) is 2.92. The van der Waals surface area contributed by atoms with Crippen molar-refractivity contribution in [2.24, 2.45) is 13.0 Å². The SMILES string of the molecule is CN(C)CCOc1cccc(NC(=O)[C@H]2CNC[C@@H]2c2cnn(C)c2)c1.Cl.Cl. The number of amides is 1. The van der Waals surface area contributed by atoms with Crippen molar-refractivity contribution in [3.05, 3.63) is 42.2 Å². The first-order valence-corrected chi connectivity index (χ1v) is 8.90. The molecule has 7 nitrogen and oxygen atoms in total. The first kappa shape index (κ1) is 24.2. The number of benzene rings is 1. The Morgan fingerprint density at radius 3 is 2.82 bits per heavy atom. The van der Waals surface area contributed by atoms with Crippen LogP contribution in [-0.4, -0.2) is 60.9 Å². The third-order valence-corrected chi connectivity index (χ3v) is 4.61. The number of nitrogens with zero attached hydrogens (tertiary/aromatic N) is 3. The van der Waals surface area contributed by atoms with E-state index in [-0.39, 0.29) is 42.6 Å². The predicted molar refractivity (Wildman–Crippen MR) is 116 cm³/mol. The van der Waals surface area contributed by atoms with Crippen LogP contribution in [0.5, 0.6) is 5.75 Å². The number of rotatable bonds is 7. The highest BCUT2D eigenvalue weighted by Gasteiger charge is 2.34. The van der Waals surface area contributed by atoms with Gasteiger partial charge in [-0.25, -0.2) is 0 Å². The second kappa shape index (κ2) is 11.3. The number of hydrogen-bond donors (Lipinski definition) is 2. The molecule has 3 rings (SSSR count). The number of aromatic nitrogens is 2. The Morgan fingerprint density at radius 2 is 2.14 bits per heavy atom. The average Bonchev–Trinajstić information content (AvgIpc) is 3.23. The van der Waals surface area contributed by atoms with Crippen molar-refractivity contribution in [1.29, 1.82) is 0 Å². The van der Waals surface area contributed by atoms with Gasteiger partial charge in [-0.05, 0) is 31.8 Å². The standard InChI is InChI=1S/C19H27N5O2.2ClH/c1-23(2)7-8-26-16-6-4-5-15(9-16)22-19(25)18-12-20-11-17(18)14-10-21-24(3)13-14;;/h4-6,9-10,13,17-18,20H,7-8,11-12H2,1-3H3,(H,22,25);2*1H/t17-,18+;;/m1../s1. The van der Waals surface area contributed by atoms with E-state index in [0.717, 1.165) is 30.1 Å². The van der Waals surface area contributed by atoms with Crippen molar-refractivity contribution < 1.29 is 9.53 Å². The van der Waals surface area contributed by atoms with Crippen LogP contribution in [-0.2, 0) is 11.8 Å². The lowest BCUT2D eigenvalue weighted by Gasteiger charge is -2.17. The van der Waals surface area contributed by atoms with Gasteiger partial charge in [0.15, 0.2) is 0 Å². The largest absolute Gasteiger partial charge is 0.492 e. The second-order valence-corrected chi connectivity index (χ2v) is 6.99. The second-order valence-electron chi connectivity index (χ2n) is 6.99. The molecule has 0 radical (unpaired) electrons. The fourth-order valence-electron chi connectivity index (χ4n) is 3.18. The van der Waals surface area contributed by atoms with Gasteiger partial charge < -0.3 is 20.3 Å². The van der Waals surface area contributed by atoms with Crippen LogP contribution < -0.4 is 15.4 Å². The Morgan fingerprint density at radius 1 is 1.36 bits per heavy atom. The highest BCUT2D eigenvalue weighted by atomic mass is 35.5. The Kier molecular flexibility index (Phi) is 9.75. The van der Waals surface area contributed by atoms with E-state index in [2.05, 4.69) is 20.6 Å². The minimum Gasteiger partial charge on any atom is -0.492 e. The fraction of sp³-hybridized carbons (Fsp3) is 0.474. The van der Waals surface area contributed by atoms with Crippen molar-refractivity contribution in [3.8, 4) is 5.75 Å². The molecule has 2 aromatic rings. The van der Waals surface area contributed by atoms with Crippen LogP contribution in [0.4, 0.5) is 5.69 Å². The lowest BCUT2D eigenvalue weighted by atomic mass is 9.90. The lowest BCUT2D eigenvalue weighted by molar-refractivity contribution is -0.119. The van der Waals surface area contributed by atoms with E-state index in [1.165, 1.54) is 0 Å². The van der Waals surface area contributed by atoms with Gasteiger partial charge in [-0.3, -0.25) is 9.48 Å². The average molecular weight is 430 g/mol. The first-order chi connectivity index (χ1) is 12.5. The molecule has 28 heavy (non-hydrogen) atoms. The van der Waals surface area contributed by atoms with Gasteiger partial charge in [0.2, 0.25) is 5.91 Å². The van der Waals surface area contributed by atoms with Crippen LogP contribution >= 0.6 is 24.8 Å². The van der Waals surface area contributed by atoms with E-state index >= 15 is 0 Å². The molecule has 2 atom stereocenters. The molecule has 0 saturated carbocycles. The monoisotopic (exact) mass is 429 g/mol. The summed E-state index contributed by atoms with van der Waals surface area (Å²) < 4.78 is 7.52. The van der Waals surface area contributed by atoms with Crippen molar-refractivity contribution in [1.82, 2.24) is 20.0 Å². The van der Waals surface area contributed by atoms with Crippen LogP contribution in [0.2, 0.25) is 0 Å². The van der Waals surface area contributed by atoms with Gasteiger partial charge in [-0.15, -0.1) is 24.8 Å². The fourth-order valence-corrected chi connectivity index (χ4v) is 3.18. The summed E-state index contributed by atoms with van der Waals surface area (Å²) in [5, 5.41) is 10.6. The molecule has 1 aromatic carbocycles. The molecule has 1 aliphatic rings. The number of hydrogen-bond acceptors (Lipinski definition) is 5. The van der Waals surface area contributed by atoms with Crippen molar-refractivity contribution in [2.75, 3.05) is 45.7 Å². The molecule has 9 heteroatoms. The molecule has 0 bridgehead atoms. The summed E-state index contributed by atoms with van der Waals surface area (Å²) in [5.41, 5.74) is 1.85. The Bertz CT molecular complexity index is 753. The topological polar surface area (TPSA) is 71.4 Å². The number of ether oxygens (including phenoxy) is 1. The van der Waals surface area contributed by atoms with Gasteiger partial charge in [0.1, 0.15) is 12.4 Å². The summed E-state index contributed by atoms with van der Waals surface area (Å²) in [6, 6.07) is 7.56. The Labute approximate surface area is 178 Å². The van der Waals surface area contributed by atoms with Gasteiger partial charge in [0.25, 0.3) is 0 Å². The molecule has 0 spiro atoms. The maximum absolute atomic E-state index is 12.8. The van der Waals surface area contributed by atoms with Gasteiger partial charge in [0, 0.05) is 50.6 Å². The van der Waals surface area contributed by atoms with Crippen LogP contribution in [0.1, 0.15) is 11.5 Å². The zero-order valence-corrected chi connectivity index (χ0v) is 18.1. The van der Waals surface area contributed by atoms with Crippen molar-refractivity contribution in [2.45, 2.75) is 5.92 Å². The van der Waals surface area contributed by atoms with E-state index in [9.17, 15) is 4.79 Å². The van der Waals surface area contributed by atoms with Gasteiger partial charge >= 0.3 is 0 Å². The predicted octanol–water partition coefficient (Wildman–Crippen LogP) is 2.15. The minimum absolute atomic E-state index is 0. The zero-order valence-electron chi connectivity index (χ0n) is 16.4. The molecule has 1 aliphatic heterocycles. The van der Waals surface area contributed by atoms with Gasteiger partial charge in [-0.2, -0.15) is 5.10 Å². The maximum atomic E-state index is 12.8. The molecular formula is C19H29Cl2N5O2. The van der Waals surface area contributed by atoms with Gasteiger partial charge in [-0.1, -0.05) is 6.07 Å². The molecule has 1 fully saturated rings. The summed E-state index contributed by atoms with van der Waals surface area (Å²) in [6.07, 6.45) is 3.83. The van der Waals surface area contributed by atoms with Crippen LogP contribution in [0, 0.1) is 5.92 Å². The first-order valence-electron chi connectivity index (χ1n) is 8.90. The van der Waals surface area contributed by atoms with E-state index in [0.29, 0.717) is 13.2 Å². The molecule has 1 saturated heterocycles. The molecule has 2 N–H and O–H groups in total. The van der Waals surface area contributed by atoms with E-state index in [1.54, 1.807) is 4.68 Å². The highest BCUT2D eigenvalue weighted by Crippen LogP contribution is 2.29. The van der Waals surface area contributed by atoms with E-state index in [4.69, 9.17) is 4.74 Å². The molecule has 0 unspecified atom stereocenters. The number of nitrogens with one attached hydrogen (secondary N) is 2. The third-order valence-electron chi connectivity index (χ3n) is 4.61. The van der Waals surface area contributed by atoms with Crippen LogP contribution in [0.3, 0.4) is 0 Å². The molecule has 2 heterocycles. The molecule has 156 valence electrons. The summed E-state index contributed by atoms with van der Waals surface area (Å²) in [7, 11) is 5.91. The number of carbonyl (C=O) groups is 1. The molecule has 1 aromatic heterocycles.